The van der Waals surface area contributed by atoms with Crippen LogP contribution in [0.25, 0.3) is 11.1 Å². The Morgan fingerprint density at radius 3 is 2.81 bits per heavy atom. The summed E-state index contributed by atoms with van der Waals surface area (Å²) in [7, 11) is 1.52. The monoisotopic (exact) mass is 288 g/mol. The maximum Gasteiger partial charge on any atom is 0.342 e. The molecule has 6 nitrogen and oxygen atoms in total. The molecule has 1 aromatic carbocycles. The van der Waals surface area contributed by atoms with E-state index in [4.69, 9.17) is 4.74 Å². The molecule has 0 saturated carbocycles. The summed E-state index contributed by atoms with van der Waals surface area (Å²) < 4.78 is 6.29. The number of aromatic nitrogens is 2. The van der Waals surface area contributed by atoms with E-state index in [1.165, 1.54) is 18.0 Å². The fourth-order valence-corrected chi connectivity index (χ4v) is 2.08. The van der Waals surface area contributed by atoms with Crippen LogP contribution in [-0.4, -0.2) is 28.0 Å². The molecule has 0 saturated heterocycles. The minimum Gasteiger partial charge on any atom is -0.497 e. The highest BCUT2D eigenvalue weighted by molar-refractivity contribution is 5.95. The van der Waals surface area contributed by atoms with Crippen LogP contribution in [0.4, 0.5) is 0 Å². The van der Waals surface area contributed by atoms with Gasteiger partial charge in [-0.3, -0.25) is 4.79 Å². The number of benzene rings is 1. The van der Waals surface area contributed by atoms with Gasteiger partial charge in [0, 0.05) is 12.1 Å². The summed E-state index contributed by atoms with van der Waals surface area (Å²) in [4.78, 5) is 23.7. The molecule has 0 aliphatic carbocycles. The van der Waals surface area contributed by atoms with Crippen LogP contribution in [0.3, 0.4) is 0 Å². The van der Waals surface area contributed by atoms with Gasteiger partial charge in [0.1, 0.15) is 11.3 Å². The Kier molecular flexibility index (Phi) is 4.37. The highest BCUT2D eigenvalue weighted by Gasteiger charge is 2.19. The molecule has 0 fully saturated rings. The molecule has 0 amide bonds. The smallest absolute Gasteiger partial charge is 0.342 e. The molecule has 1 N–H and O–H groups in total. The molecule has 2 rings (SSSR count). The van der Waals surface area contributed by atoms with Crippen molar-refractivity contribution in [2.24, 2.45) is 0 Å². The first-order chi connectivity index (χ1) is 10.1. The average Bonchev–Trinajstić information content (AvgIpc) is 2.49. The lowest BCUT2D eigenvalue weighted by molar-refractivity contribution is 0.0694. The van der Waals surface area contributed by atoms with Crippen LogP contribution in [0, 0.1) is 0 Å². The topological polar surface area (TPSA) is 81.4 Å². The number of nitrogens with zero attached hydrogens (tertiary/aromatic N) is 2. The van der Waals surface area contributed by atoms with Crippen LogP contribution in [0.15, 0.2) is 35.3 Å². The second-order valence-corrected chi connectivity index (χ2v) is 4.50. The maximum absolute atomic E-state index is 12.2. The summed E-state index contributed by atoms with van der Waals surface area (Å²) in [6.07, 6.45) is 2.11. The fraction of sp³-hybridized carbons (Fsp3) is 0.267. The number of hydrogen-bond acceptors (Lipinski definition) is 4. The molecule has 1 aromatic heterocycles. The van der Waals surface area contributed by atoms with Crippen molar-refractivity contribution in [3.63, 3.8) is 0 Å². The molecule has 0 spiro atoms. The van der Waals surface area contributed by atoms with Gasteiger partial charge in [0.05, 0.1) is 13.3 Å². The minimum atomic E-state index is -1.26. The zero-order valence-electron chi connectivity index (χ0n) is 11.9. The van der Waals surface area contributed by atoms with Crippen LogP contribution in [-0.2, 0) is 6.54 Å². The molecule has 0 aliphatic heterocycles. The standard InChI is InChI=1S/C15H16N2O4/c1-3-7-17-14(18)13(15(19)20)12(9-16-17)10-5-4-6-11(8-10)21-2/h4-6,8-9H,3,7H2,1-2H3,(H,19,20). The van der Waals surface area contributed by atoms with E-state index < -0.39 is 11.5 Å². The molecule has 1 heterocycles. The van der Waals surface area contributed by atoms with Crippen LogP contribution in [0.5, 0.6) is 5.75 Å². The zero-order valence-corrected chi connectivity index (χ0v) is 11.9. The second-order valence-electron chi connectivity index (χ2n) is 4.50. The van der Waals surface area contributed by atoms with E-state index in [1.807, 2.05) is 6.92 Å². The molecule has 0 atom stereocenters. The van der Waals surface area contributed by atoms with Crippen molar-refractivity contribution in [1.82, 2.24) is 9.78 Å². The Morgan fingerprint density at radius 1 is 1.43 bits per heavy atom. The number of carboxylic acids is 1. The van der Waals surface area contributed by atoms with Crippen molar-refractivity contribution in [2.75, 3.05) is 7.11 Å². The first-order valence-corrected chi connectivity index (χ1v) is 6.56. The summed E-state index contributed by atoms with van der Waals surface area (Å²) in [5, 5.41) is 13.4. The van der Waals surface area contributed by atoms with Gasteiger partial charge in [-0.05, 0) is 24.1 Å². The highest BCUT2D eigenvalue weighted by Crippen LogP contribution is 2.24. The van der Waals surface area contributed by atoms with Gasteiger partial charge in [0.25, 0.3) is 5.56 Å². The number of hydrogen-bond donors (Lipinski definition) is 1. The molecular formula is C15H16N2O4. The quantitative estimate of drug-likeness (QED) is 0.910. The average molecular weight is 288 g/mol. The van der Waals surface area contributed by atoms with Gasteiger partial charge in [-0.2, -0.15) is 5.10 Å². The number of aryl methyl sites for hydroxylation is 1. The molecule has 6 heteroatoms. The molecule has 0 aliphatic rings. The largest absolute Gasteiger partial charge is 0.497 e. The number of carboxylic acid groups (broad SMARTS) is 1. The number of methoxy groups -OCH3 is 1. The van der Waals surface area contributed by atoms with Gasteiger partial charge in [-0.1, -0.05) is 19.1 Å². The van der Waals surface area contributed by atoms with Crippen LogP contribution < -0.4 is 10.3 Å². The van der Waals surface area contributed by atoms with Gasteiger partial charge < -0.3 is 9.84 Å². The Labute approximate surface area is 121 Å². The summed E-state index contributed by atoms with van der Waals surface area (Å²) in [5.41, 5.74) is 0.00937. The van der Waals surface area contributed by atoms with E-state index in [1.54, 1.807) is 24.3 Å². The Morgan fingerprint density at radius 2 is 2.19 bits per heavy atom. The molecule has 0 radical (unpaired) electrons. The summed E-state index contributed by atoms with van der Waals surface area (Å²) >= 11 is 0. The first kappa shape index (κ1) is 14.8. The van der Waals surface area contributed by atoms with E-state index >= 15 is 0 Å². The third-order valence-corrected chi connectivity index (χ3v) is 3.07. The van der Waals surface area contributed by atoms with E-state index in [2.05, 4.69) is 5.10 Å². The third-order valence-electron chi connectivity index (χ3n) is 3.07. The van der Waals surface area contributed by atoms with E-state index in [-0.39, 0.29) is 5.56 Å². The van der Waals surface area contributed by atoms with Crippen LogP contribution >= 0.6 is 0 Å². The Balaban J connectivity index is 2.65. The number of ether oxygens (including phenoxy) is 1. The first-order valence-electron chi connectivity index (χ1n) is 6.56. The minimum absolute atomic E-state index is 0.272. The Bertz CT molecular complexity index is 722. The lowest BCUT2D eigenvalue weighted by Gasteiger charge is -2.10. The molecule has 110 valence electrons. The molecule has 0 bridgehead atoms. The van der Waals surface area contributed by atoms with E-state index in [9.17, 15) is 14.7 Å². The van der Waals surface area contributed by atoms with Crippen molar-refractivity contribution in [3.05, 3.63) is 46.4 Å². The number of aromatic carboxylic acids is 1. The SMILES string of the molecule is CCCn1ncc(-c2cccc(OC)c2)c(C(=O)O)c1=O. The van der Waals surface area contributed by atoms with Crippen molar-refractivity contribution in [1.29, 1.82) is 0 Å². The van der Waals surface area contributed by atoms with Crippen molar-refractivity contribution >= 4 is 5.97 Å². The molecular weight excluding hydrogens is 272 g/mol. The zero-order chi connectivity index (χ0) is 15.4. The van der Waals surface area contributed by atoms with E-state index in [0.29, 0.717) is 29.8 Å². The van der Waals surface area contributed by atoms with Crippen molar-refractivity contribution < 1.29 is 14.6 Å². The van der Waals surface area contributed by atoms with Gasteiger partial charge in [0.2, 0.25) is 0 Å². The van der Waals surface area contributed by atoms with Gasteiger partial charge in [0.15, 0.2) is 0 Å². The third kappa shape index (κ3) is 2.94. The summed E-state index contributed by atoms with van der Waals surface area (Å²) in [6.45, 7) is 2.28. The molecule has 2 aromatic rings. The fourth-order valence-electron chi connectivity index (χ4n) is 2.08. The molecule has 21 heavy (non-hydrogen) atoms. The second kappa shape index (κ2) is 6.21. The van der Waals surface area contributed by atoms with Crippen molar-refractivity contribution in [2.45, 2.75) is 19.9 Å². The summed E-state index contributed by atoms with van der Waals surface area (Å²) in [6, 6.07) is 6.87. The number of rotatable bonds is 5. The highest BCUT2D eigenvalue weighted by atomic mass is 16.5. The normalized spacial score (nSPS) is 10.4. The Hall–Kier alpha value is -2.63. The molecule has 0 unspecified atom stereocenters. The maximum atomic E-state index is 12.2. The predicted octanol–water partition coefficient (Wildman–Crippen LogP) is 2.03. The van der Waals surface area contributed by atoms with Crippen LogP contribution in [0.1, 0.15) is 23.7 Å². The van der Waals surface area contributed by atoms with Gasteiger partial charge in [-0.25, -0.2) is 9.48 Å². The van der Waals surface area contributed by atoms with Crippen molar-refractivity contribution in [3.8, 4) is 16.9 Å². The van der Waals surface area contributed by atoms with E-state index in [0.717, 1.165) is 0 Å². The predicted molar refractivity (Wildman–Crippen MR) is 77.7 cm³/mol. The van der Waals surface area contributed by atoms with Crippen LogP contribution in [0.2, 0.25) is 0 Å². The van der Waals surface area contributed by atoms with Gasteiger partial charge >= 0.3 is 5.97 Å². The number of carbonyl (C=O) groups is 1. The lowest BCUT2D eigenvalue weighted by atomic mass is 10.0. The summed E-state index contributed by atoms with van der Waals surface area (Å²) in [5.74, 6) is -0.674. The van der Waals surface area contributed by atoms with Gasteiger partial charge in [-0.15, -0.1) is 0 Å². The lowest BCUT2D eigenvalue weighted by Crippen LogP contribution is -2.29.